The van der Waals surface area contributed by atoms with Gasteiger partial charge in [-0.3, -0.25) is 0 Å². The van der Waals surface area contributed by atoms with E-state index in [1.807, 2.05) is 37.3 Å². The Kier molecular flexibility index (Phi) is 3.36. The molecule has 0 bridgehead atoms. The summed E-state index contributed by atoms with van der Waals surface area (Å²) in [6.45, 7) is 2.56. The Morgan fingerprint density at radius 2 is 2.12 bits per heavy atom. The highest BCUT2D eigenvalue weighted by Gasteiger charge is 2.07. The molecule has 0 spiro atoms. The second-order valence-corrected chi connectivity index (χ2v) is 3.30. The fourth-order valence-electron chi connectivity index (χ4n) is 1.38. The van der Waals surface area contributed by atoms with E-state index >= 15 is 0 Å². The molecule has 1 aromatic heterocycles. The van der Waals surface area contributed by atoms with E-state index in [1.54, 1.807) is 0 Å². The molecule has 0 N–H and O–H groups in total. The zero-order valence-corrected chi connectivity index (χ0v) is 9.38. The molecular weight excluding hydrogens is 218 g/mol. The lowest BCUT2D eigenvalue weighted by Gasteiger charge is -2.02. The van der Waals surface area contributed by atoms with Crippen LogP contribution in [0.1, 0.15) is 12.8 Å². The summed E-state index contributed by atoms with van der Waals surface area (Å²) in [5.41, 5.74) is 0.835. The highest BCUT2D eigenvalue weighted by Crippen LogP contribution is 2.19. The van der Waals surface area contributed by atoms with Crippen LogP contribution in [0.2, 0.25) is 0 Å². The van der Waals surface area contributed by atoms with Gasteiger partial charge < -0.3 is 9.26 Å². The van der Waals surface area contributed by atoms with E-state index in [1.165, 1.54) is 0 Å². The van der Waals surface area contributed by atoms with Gasteiger partial charge in [0.2, 0.25) is 11.7 Å². The fraction of sp³-hybridized carbons (Fsp3) is 0.250. The van der Waals surface area contributed by atoms with Crippen LogP contribution in [0.15, 0.2) is 28.8 Å². The molecule has 0 aliphatic carbocycles. The Balaban J connectivity index is 2.18. The van der Waals surface area contributed by atoms with Gasteiger partial charge in [-0.15, -0.1) is 0 Å². The van der Waals surface area contributed by atoms with Crippen molar-refractivity contribution in [2.75, 3.05) is 6.61 Å². The molecule has 0 aliphatic heterocycles. The van der Waals surface area contributed by atoms with Crippen molar-refractivity contribution in [1.29, 1.82) is 5.26 Å². The van der Waals surface area contributed by atoms with Crippen LogP contribution in [-0.4, -0.2) is 16.7 Å². The first kappa shape index (κ1) is 11.1. The van der Waals surface area contributed by atoms with Crippen LogP contribution in [0.25, 0.3) is 11.4 Å². The summed E-state index contributed by atoms with van der Waals surface area (Å²) in [6, 6.07) is 9.36. The Bertz CT molecular complexity index is 525. The van der Waals surface area contributed by atoms with Crippen LogP contribution in [-0.2, 0) is 6.42 Å². The van der Waals surface area contributed by atoms with E-state index in [-0.39, 0.29) is 6.42 Å². The Morgan fingerprint density at radius 3 is 2.76 bits per heavy atom. The maximum Gasteiger partial charge on any atom is 0.241 e. The maximum absolute atomic E-state index is 8.50. The molecule has 2 rings (SSSR count). The third kappa shape index (κ3) is 2.61. The minimum Gasteiger partial charge on any atom is -0.494 e. The smallest absolute Gasteiger partial charge is 0.241 e. The van der Waals surface area contributed by atoms with Gasteiger partial charge in [0, 0.05) is 5.56 Å². The number of aromatic nitrogens is 2. The zero-order valence-electron chi connectivity index (χ0n) is 9.38. The molecule has 1 heterocycles. The second kappa shape index (κ2) is 5.12. The molecule has 5 nitrogen and oxygen atoms in total. The minimum absolute atomic E-state index is 0.129. The van der Waals surface area contributed by atoms with Crippen LogP contribution in [0.4, 0.5) is 0 Å². The second-order valence-electron chi connectivity index (χ2n) is 3.30. The van der Waals surface area contributed by atoms with Crippen LogP contribution >= 0.6 is 0 Å². The van der Waals surface area contributed by atoms with E-state index < -0.39 is 0 Å². The third-order valence-corrected chi connectivity index (χ3v) is 2.12. The summed E-state index contributed by atoms with van der Waals surface area (Å²) in [4.78, 5) is 4.10. The lowest BCUT2D eigenvalue weighted by Crippen LogP contribution is -1.90. The van der Waals surface area contributed by atoms with Crippen molar-refractivity contribution >= 4 is 0 Å². The van der Waals surface area contributed by atoms with E-state index in [2.05, 4.69) is 10.1 Å². The molecule has 86 valence electrons. The van der Waals surface area contributed by atoms with Crippen molar-refractivity contribution in [2.45, 2.75) is 13.3 Å². The molecule has 0 atom stereocenters. The predicted octanol–water partition coefficient (Wildman–Crippen LogP) is 2.20. The van der Waals surface area contributed by atoms with Crippen molar-refractivity contribution < 1.29 is 9.26 Å². The highest BCUT2D eigenvalue weighted by atomic mass is 16.5. The van der Waals surface area contributed by atoms with E-state index in [0.29, 0.717) is 18.3 Å². The third-order valence-electron chi connectivity index (χ3n) is 2.12. The summed E-state index contributed by atoms with van der Waals surface area (Å²) in [5.74, 6) is 1.62. The molecule has 0 fully saturated rings. The topological polar surface area (TPSA) is 71.9 Å². The lowest BCUT2D eigenvalue weighted by molar-refractivity contribution is 0.340. The quantitative estimate of drug-likeness (QED) is 0.803. The SMILES string of the molecule is CCOc1ccc(-c2noc(CC#N)n2)cc1. The number of hydrogen-bond donors (Lipinski definition) is 0. The predicted molar refractivity (Wildman–Crippen MR) is 60.2 cm³/mol. The molecule has 2 aromatic rings. The van der Waals surface area contributed by atoms with Crippen molar-refractivity contribution in [3.63, 3.8) is 0 Å². The molecule has 0 unspecified atom stereocenters. The first-order valence-electron chi connectivity index (χ1n) is 5.26. The average molecular weight is 229 g/mol. The minimum atomic E-state index is 0.129. The standard InChI is InChI=1S/C12H11N3O2/c1-2-16-10-5-3-9(4-6-10)12-14-11(7-8-13)17-15-12/h3-6H,2,7H2,1H3. The normalized spacial score (nSPS) is 9.88. The van der Waals surface area contributed by atoms with Gasteiger partial charge in [-0.1, -0.05) is 5.16 Å². The summed E-state index contributed by atoms with van der Waals surface area (Å²) in [5, 5.41) is 12.3. The number of hydrogen-bond acceptors (Lipinski definition) is 5. The molecule has 0 amide bonds. The van der Waals surface area contributed by atoms with Gasteiger partial charge >= 0.3 is 0 Å². The van der Waals surface area contributed by atoms with Crippen molar-refractivity contribution in [3.8, 4) is 23.2 Å². The summed E-state index contributed by atoms with van der Waals surface area (Å²) in [6.07, 6.45) is 0.129. The van der Waals surface area contributed by atoms with Gasteiger partial charge in [-0.25, -0.2) is 0 Å². The number of nitriles is 1. The van der Waals surface area contributed by atoms with Crippen LogP contribution in [0.3, 0.4) is 0 Å². The first-order valence-corrected chi connectivity index (χ1v) is 5.26. The molecule has 0 radical (unpaired) electrons. The molecular formula is C12H11N3O2. The van der Waals surface area contributed by atoms with Crippen LogP contribution in [0.5, 0.6) is 5.75 Å². The van der Waals surface area contributed by atoms with Gasteiger partial charge in [0.05, 0.1) is 12.7 Å². The Hall–Kier alpha value is -2.35. The van der Waals surface area contributed by atoms with Gasteiger partial charge in [-0.05, 0) is 31.2 Å². The van der Waals surface area contributed by atoms with E-state index in [4.69, 9.17) is 14.5 Å². The maximum atomic E-state index is 8.50. The van der Waals surface area contributed by atoms with Gasteiger partial charge in [0.15, 0.2) is 0 Å². The lowest BCUT2D eigenvalue weighted by atomic mass is 10.2. The average Bonchev–Trinajstić information content (AvgIpc) is 2.80. The highest BCUT2D eigenvalue weighted by molar-refractivity contribution is 5.55. The summed E-state index contributed by atoms with van der Waals surface area (Å²) < 4.78 is 10.3. The largest absolute Gasteiger partial charge is 0.494 e. The van der Waals surface area contributed by atoms with E-state index in [9.17, 15) is 0 Å². The molecule has 0 aliphatic rings. The van der Waals surface area contributed by atoms with Crippen molar-refractivity contribution in [3.05, 3.63) is 30.2 Å². The van der Waals surface area contributed by atoms with Gasteiger partial charge in [0.1, 0.15) is 12.2 Å². The molecule has 5 heteroatoms. The van der Waals surface area contributed by atoms with Crippen molar-refractivity contribution in [2.24, 2.45) is 0 Å². The van der Waals surface area contributed by atoms with Gasteiger partial charge in [0.25, 0.3) is 0 Å². The number of rotatable bonds is 4. The Labute approximate surface area is 98.6 Å². The summed E-state index contributed by atoms with van der Waals surface area (Å²) >= 11 is 0. The first-order chi connectivity index (χ1) is 8.33. The van der Waals surface area contributed by atoms with E-state index in [0.717, 1.165) is 11.3 Å². The Morgan fingerprint density at radius 1 is 1.35 bits per heavy atom. The molecule has 0 saturated heterocycles. The zero-order chi connectivity index (χ0) is 12.1. The number of nitrogens with zero attached hydrogens (tertiary/aromatic N) is 3. The monoisotopic (exact) mass is 229 g/mol. The van der Waals surface area contributed by atoms with Crippen LogP contribution < -0.4 is 4.74 Å². The van der Waals surface area contributed by atoms with Crippen LogP contribution in [0, 0.1) is 11.3 Å². The molecule has 0 saturated carbocycles. The fourth-order valence-corrected chi connectivity index (χ4v) is 1.38. The molecule has 17 heavy (non-hydrogen) atoms. The van der Waals surface area contributed by atoms with Crippen molar-refractivity contribution in [1.82, 2.24) is 10.1 Å². The number of benzene rings is 1. The van der Waals surface area contributed by atoms with Gasteiger partial charge in [-0.2, -0.15) is 10.2 Å². The molecule has 1 aromatic carbocycles. The summed E-state index contributed by atoms with van der Waals surface area (Å²) in [7, 11) is 0. The number of ether oxygens (including phenoxy) is 1.